The highest BCUT2D eigenvalue weighted by molar-refractivity contribution is 4.86. The lowest BCUT2D eigenvalue weighted by Crippen LogP contribution is -2.36. The van der Waals surface area contributed by atoms with Gasteiger partial charge in [-0.05, 0) is 18.3 Å². The number of hydrogen-bond donors (Lipinski definition) is 1. The third kappa shape index (κ3) is 2.40. The summed E-state index contributed by atoms with van der Waals surface area (Å²) < 4.78 is 24.6. The zero-order valence-electron chi connectivity index (χ0n) is 6.69. The first-order valence-electron chi connectivity index (χ1n) is 4.02. The molecule has 0 aliphatic heterocycles. The van der Waals surface area contributed by atoms with Crippen molar-refractivity contribution in [3.63, 3.8) is 0 Å². The summed E-state index contributed by atoms with van der Waals surface area (Å²) in [5, 5.41) is 8.65. The van der Waals surface area contributed by atoms with E-state index in [-0.39, 0.29) is 31.3 Å². The molecule has 1 aliphatic rings. The third-order valence-electron chi connectivity index (χ3n) is 2.22. The quantitative estimate of drug-likeness (QED) is 0.676. The Bertz CT molecular complexity index is 128. The number of aliphatic hydroxyl groups excluding tert-OH is 1. The summed E-state index contributed by atoms with van der Waals surface area (Å²) in [5.74, 6) is -2.08. The molecule has 1 nitrogen and oxygen atoms in total. The van der Waals surface area contributed by atoms with Gasteiger partial charge in [-0.1, -0.05) is 6.92 Å². The molecule has 1 atom stereocenters. The fourth-order valence-corrected chi connectivity index (χ4v) is 1.60. The average Bonchev–Trinajstić information content (AvgIpc) is 1.83. The molecular formula is C8H14F2O. The number of alkyl halides is 2. The van der Waals surface area contributed by atoms with E-state index in [1.54, 1.807) is 0 Å². The van der Waals surface area contributed by atoms with Crippen molar-refractivity contribution in [3.05, 3.63) is 0 Å². The molecule has 11 heavy (non-hydrogen) atoms. The summed E-state index contributed by atoms with van der Waals surface area (Å²) >= 11 is 0. The van der Waals surface area contributed by atoms with Gasteiger partial charge in [-0.3, -0.25) is 0 Å². The number of rotatable bonds is 3. The van der Waals surface area contributed by atoms with Crippen LogP contribution < -0.4 is 0 Å². The van der Waals surface area contributed by atoms with E-state index in [0.717, 1.165) is 6.42 Å². The number of aliphatic hydroxyl groups is 1. The van der Waals surface area contributed by atoms with Crippen molar-refractivity contribution in [2.24, 2.45) is 11.8 Å². The topological polar surface area (TPSA) is 20.2 Å². The minimum absolute atomic E-state index is 0.0251. The molecule has 0 unspecified atom stereocenters. The van der Waals surface area contributed by atoms with E-state index in [0.29, 0.717) is 0 Å². The first-order chi connectivity index (χ1) is 5.03. The maximum Gasteiger partial charge on any atom is 0.248 e. The van der Waals surface area contributed by atoms with E-state index in [9.17, 15) is 8.78 Å². The van der Waals surface area contributed by atoms with Gasteiger partial charge in [0.1, 0.15) is 0 Å². The van der Waals surface area contributed by atoms with Crippen LogP contribution in [-0.2, 0) is 0 Å². The Kier molecular flexibility index (Phi) is 2.47. The Labute approximate surface area is 65.4 Å². The molecule has 0 bridgehead atoms. The van der Waals surface area contributed by atoms with Crippen molar-refractivity contribution in [3.8, 4) is 0 Å². The predicted octanol–water partition coefficient (Wildman–Crippen LogP) is 2.05. The van der Waals surface area contributed by atoms with Gasteiger partial charge in [0.25, 0.3) is 0 Å². The summed E-state index contributed by atoms with van der Waals surface area (Å²) in [6.45, 7) is 2.00. The molecule has 1 aliphatic carbocycles. The second-order valence-corrected chi connectivity index (χ2v) is 3.65. The van der Waals surface area contributed by atoms with E-state index < -0.39 is 5.92 Å². The van der Waals surface area contributed by atoms with Gasteiger partial charge in [0.05, 0.1) is 0 Å². The Morgan fingerprint density at radius 2 is 2.09 bits per heavy atom. The van der Waals surface area contributed by atoms with E-state index >= 15 is 0 Å². The van der Waals surface area contributed by atoms with Crippen LogP contribution in [0.1, 0.15) is 26.2 Å². The molecule has 0 aromatic carbocycles. The van der Waals surface area contributed by atoms with E-state index in [2.05, 4.69) is 0 Å². The lowest BCUT2D eigenvalue weighted by atomic mass is 9.76. The van der Waals surface area contributed by atoms with Crippen molar-refractivity contribution in [1.29, 1.82) is 0 Å². The zero-order valence-corrected chi connectivity index (χ0v) is 6.69. The van der Waals surface area contributed by atoms with Crippen LogP contribution in [0, 0.1) is 11.8 Å². The Hall–Kier alpha value is -0.180. The molecular weight excluding hydrogens is 150 g/mol. The molecule has 0 aromatic rings. The minimum Gasteiger partial charge on any atom is -0.396 e. The minimum atomic E-state index is -2.40. The second-order valence-electron chi connectivity index (χ2n) is 3.65. The van der Waals surface area contributed by atoms with Gasteiger partial charge in [-0.25, -0.2) is 8.78 Å². The molecule has 0 heterocycles. The molecule has 1 saturated carbocycles. The van der Waals surface area contributed by atoms with Crippen LogP contribution in [0.4, 0.5) is 8.78 Å². The van der Waals surface area contributed by atoms with Gasteiger partial charge in [0, 0.05) is 19.4 Å². The third-order valence-corrected chi connectivity index (χ3v) is 2.22. The summed E-state index contributed by atoms with van der Waals surface area (Å²) in [4.78, 5) is 0. The number of halogens is 2. The molecule has 1 rings (SSSR count). The lowest BCUT2D eigenvalue weighted by Gasteiger charge is -2.36. The lowest BCUT2D eigenvalue weighted by molar-refractivity contribution is -0.116. The van der Waals surface area contributed by atoms with Gasteiger partial charge in [0.15, 0.2) is 0 Å². The molecule has 0 aromatic heterocycles. The largest absolute Gasteiger partial charge is 0.396 e. The smallest absolute Gasteiger partial charge is 0.248 e. The maximum absolute atomic E-state index is 12.3. The number of hydrogen-bond acceptors (Lipinski definition) is 1. The molecule has 3 heteroatoms. The van der Waals surface area contributed by atoms with Gasteiger partial charge in [-0.15, -0.1) is 0 Å². The SMILES string of the molecule is C[C@H](CO)CC1CC(F)(F)C1. The summed E-state index contributed by atoms with van der Waals surface area (Å²) in [6.07, 6.45) is 0.792. The molecule has 1 fully saturated rings. The van der Waals surface area contributed by atoms with Crippen molar-refractivity contribution in [2.75, 3.05) is 6.61 Å². The Morgan fingerprint density at radius 1 is 1.55 bits per heavy atom. The van der Waals surface area contributed by atoms with Crippen LogP contribution >= 0.6 is 0 Å². The molecule has 0 amide bonds. The Morgan fingerprint density at radius 3 is 2.45 bits per heavy atom. The highest BCUT2D eigenvalue weighted by Gasteiger charge is 2.45. The molecule has 1 N–H and O–H groups in total. The summed E-state index contributed by atoms with van der Waals surface area (Å²) in [5.41, 5.74) is 0. The van der Waals surface area contributed by atoms with Crippen LogP contribution in [0.25, 0.3) is 0 Å². The normalized spacial score (nSPS) is 26.2. The second kappa shape index (κ2) is 3.05. The monoisotopic (exact) mass is 164 g/mol. The maximum atomic E-state index is 12.3. The predicted molar refractivity (Wildman–Crippen MR) is 38.5 cm³/mol. The van der Waals surface area contributed by atoms with E-state index in [4.69, 9.17) is 5.11 Å². The highest BCUT2D eigenvalue weighted by Crippen LogP contribution is 2.45. The summed E-state index contributed by atoms with van der Waals surface area (Å²) in [6, 6.07) is 0. The summed E-state index contributed by atoms with van der Waals surface area (Å²) in [7, 11) is 0. The van der Waals surface area contributed by atoms with E-state index in [1.165, 1.54) is 0 Å². The van der Waals surface area contributed by atoms with Crippen LogP contribution in [0.5, 0.6) is 0 Å². The van der Waals surface area contributed by atoms with Gasteiger partial charge in [-0.2, -0.15) is 0 Å². The van der Waals surface area contributed by atoms with Crippen molar-refractivity contribution >= 4 is 0 Å². The van der Waals surface area contributed by atoms with Crippen LogP contribution in [0.15, 0.2) is 0 Å². The standard InChI is InChI=1S/C8H14F2O/c1-6(5-11)2-7-3-8(9,10)4-7/h6-7,11H,2-5H2,1H3/t6-/m0/s1. The fourth-order valence-electron chi connectivity index (χ4n) is 1.60. The van der Waals surface area contributed by atoms with Gasteiger partial charge < -0.3 is 5.11 Å². The molecule has 0 radical (unpaired) electrons. The first-order valence-corrected chi connectivity index (χ1v) is 4.02. The van der Waals surface area contributed by atoms with Gasteiger partial charge in [0.2, 0.25) is 5.92 Å². The highest BCUT2D eigenvalue weighted by atomic mass is 19.3. The van der Waals surface area contributed by atoms with Gasteiger partial charge >= 0.3 is 0 Å². The molecule has 66 valence electrons. The van der Waals surface area contributed by atoms with Crippen LogP contribution in [-0.4, -0.2) is 17.6 Å². The molecule has 0 saturated heterocycles. The zero-order chi connectivity index (χ0) is 8.48. The first kappa shape index (κ1) is 8.91. The van der Waals surface area contributed by atoms with Crippen LogP contribution in [0.3, 0.4) is 0 Å². The fraction of sp³-hybridized carbons (Fsp3) is 1.00. The molecule has 0 spiro atoms. The average molecular weight is 164 g/mol. The Balaban J connectivity index is 2.13. The van der Waals surface area contributed by atoms with Crippen molar-refractivity contribution < 1.29 is 13.9 Å². The van der Waals surface area contributed by atoms with E-state index in [1.807, 2.05) is 6.92 Å². The van der Waals surface area contributed by atoms with Crippen molar-refractivity contribution in [1.82, 2.24) is 0 Å². The van der Waals surface area contributed by atoms with Crippen molar-refractivity contribution in [2.45, 2.75) is 32.1 Å². The van der Waals surface area contributed by atoms with Crippen LogP contribution in [0.2, 0.25) is 0 Å².